The maximum absolute atomic E-state index is 12.7. The van der Waals surface area contributed by atoms with Crippen LogP contribution in [0.3, 0.4) is 0 Å². The smallest absolute Gasteiger partial charge is 0.319 e. The number of ether oxygens (including phenoxy) is 1. The van der Waals surface area contributed by atoms with Gasteiger partial charge in [-0.2, -0.15) is 0 Å². The van der Waals surface area contributed by atoms with Gasteiger partial charge in [-0.05, 0) is 30.9 Å². The van der Waals surface area contributed by atoms with Crippen molar-refractivity contribution < 1.29 is 14.3 Å². The van der Waals surface area contributed by atoms with Gasteiger partial charge in [-0.3, -0.25) is 14.5 Å². The number of amides is 1. The van der Waals surface area contributed by atoms with Crippen molar-refractivity contribution >= 4 is 23.0 Å². The maximum atomic E-state index is 12.7. The second-order valence-corrected chi connectivity index (χ2v) is 7.84. The quantitative estimate of drug-likeness (QED) is 0.588. The highest BCUT2D eigenvalue weighted by atomic mass is 16.5. The van der Waals surface area contributed by atoms with Crippen LogP contribution in [0.5, 0.6) is 0 Å². The highest BCUT2D eigenvalue weighted by Crippen LogP contribution is 2.15. The number of hydrogen-bond donors (Lipinski definition) is 1. The Hall–Kier alpha value is -3.26. The van der Waals surface area contributed by atoms with Crippen LogP contribution in [0.25, 0.3) is 11.2 Å². The van der Waals surface area contributed by atoms with Gasteiger partial charge in [0, 0.05) is 31.9 Å². The summed E-state index contributed by atoms with van der Waals surface area (Å²) in [5, 5.41) is 3.08. The highest BCUT2D eigenvalue weighted by Gasteiger charge is 2.23. The van der Waals surface area contributed by atoms with E-state index in [1.807, 2.05) is 27.7 Å². The van der Waals surface area contributed by atoms with E-state index < -0.39 is 0 Å². The van der Waals surface area contributed by atoms with Gasteiger partial charge in [0.25, 0.3) is 5.91 Å². The molecule has 3 aromatic rings. The van der Waals surface area contributed by atoms with Crippen molar-refractivity contribution in [3.05, 3.63) is 60.0 Å². The van der Waals surface area contributed by atoms with Gasteiger partial charge in [0.1, 0.15) is 5.52 Å². The van der Waals surface area contributed by atoms with E-state index in [0.29, 0.717) is 17.6 Å². The van der Waals surface area contributed by atoms with Gasteiger partial charge in [0.2, 0.25) is 0 Å². The first-order valence-electron chi connectivity index (χ1n) is 10.6. The van der Waals surface area contributed by atoms with E-state index in [9.17, 15) is 9.59 Å². The van der Waals surface area contributed by atoms with E-state index in [1.54, 1.807) is 18.6 Å². The first-order chi connectivity index (χ1) is 15.1. The van der Waals surface area contributed by atoms with Gasteiger partial charge < -0.3 is 14.6 Å². The molecule has 8 nitrogen and oxygen atoms in total. The molecular formula is C23H27N5O3. The molecule has 0 bridgehead atoms. The average molecular weight is 422 g/mol. The summed E-state index contributed by atoms with van der Waals surface area (Å²) in [7, 11) is 1.40. The normalized spacial score (nSPS) is 15.1. The number of likely N-dealkylation sites (tertiary alicyclic amines) is 1. The third kappa shape index (κ3) is 5.27. The molecule has 0 unspecified atom stereocenters. The van der Waals surface area contributed by atoms with Crippen molar-refractivity contribution in [3.63, 3.8) is 0 Å². The SMILES string of the molecule is COC(=O)CN1CCC(NC(=O)c2cnc3c(c2)ncn3CCc2ccccc2)CC1. The van der Waals surface area contributed by atoms with Crippen molar-refractivity contribution in [1.29, 1.82) is 0 Å². The second kappa shape index (κ2) is 9.70. The number of rotatable bonds is 7. The van der Waals surface area contributed by atoms with E-state index in [4.69, 9.17) is 4.74 Å². The van der Waals surface area contributed by atoms with Gasteiger partial charge in [-0.25, -0.2) is 9.97 Å². The number of pyridine rings is 1. The third-order valence-electron chi connectivity index (χ3n) is 5.71. The number of imidazole rings is 1. The molecule has 3 heterocycles. The Bertz CT molecular complexity index is 1040. The number of hydrogen-bond acceptors (Lipinski definition) is 6. The molecule has 0 atom stereocenters. The zero-order valence-corrected chi connectivity index (χ0v) is 17.7. The van der Waals surface area contributed by atoms with Gasteiger partial charge in [-0.1, -0.05) is 30.3 Å². The third-order valence-corrected chi connectivity index (χ3v) is 5.71. The van der Waals surface area contributed by atoms with Crippen LogP contribution in [0, 0.1) is 0 Å². The lowest BCUT2D eigenvalue weighted by Crippen LogP contribution is -2.46. The molecule has 1 aliphatic rings. The Morgan fingerprint density at radius 2 is 1.94 bits per heavy atom. The van der Waals surface area contributed by atoms with Crippen molar-refractivity contribution in [3.8, 4) is 0 Å². The number of esters is 1. The Morgan fingerprint density at radius 3 is 2.68 bits per heavy atom. The fraction of sp³-hybridized carbons (Fsp3) is 0.391. The second-order valence-electron chi connectivity index (χ2n) is 7.84. The maximum Gasteiger partial charge on any atom is 0.319 e. The van der Waals surface area contributed by atoms with E-state index in [2.05, 4.69) is 27.4 Å². The van der Waals surface area contributed by atoms with Crippen molar-refractivity contribution in [2.45, 2.75) is 31.8 Å². The summed E-state index contributed by atoms with van der Waals surface area (Å²) in [6.07, 6.45) is 5.88. The molecule has 162 valence electrons. The number of aromatic nitrogens is 3. The van der Waals surface area contributed by atoms with Gasteiger partial charge in [-0.15, -0.1) is 0 Å². The Morgan fingerprint density at radius 1 is 1.16 bits per heavy atom. The van der Waals surface area contributed by atoms with Gasteiger partial charge in [0.15, 0.2) is 5.65 Å². The first kappa shape index (κ1) is 21.0. The largest absolute Gasteiger partial charge is 0.468 e. The minimum Gasteiger partial charge on any atom is -0.468 e. The van der Waals surface area contributed by atoms with Crippen LogP contribution >= 0.6 is 0 Å². The van der Waals surface area contributed by atoms with Crippen molar-refractivity contribution in [2.24, 2.45) is 0 Å². The van der Waals surface area contributed by atoms with E-state index in [0.717, 1.165) is 44.5 Å². The summed E-state index contributed by atoms with van der Waals surface area (Å²) < 4.78 is 6.73. The summed E-state index contributed by atoms with van der Waals surface area (Å²) in [5.74, 6) is -0.371. The fourth-order valence-electron chi connectivity index (χ4n) is 3.88. The van der Waals surface area contributed by atoms with Crippen LogP contribution in [0.1, 0.15) is 28.8 Å². The van der Waals surface area contributed by atoms with Crippen molar-refractivity contribution in [2.75, 3.05) is 26.7 Å². The predicted octanol–water partition coefficient (Wildman–Crippen LogP) is 2.04. The standard InChI is InChI=1S/C23H27N5O3/c1-31-21(29)15-27-10-8-19(9-11-27)26-23(30)18-13-20-22(24-14-18)28(16-25-20)12-7-17-5-3-2-4-6-17/h2-6,13-14,16,19H,7-12,15H2,1H3,(H,26,30). The zero-order chi connectivity index (χ0) is 21.6. The lowest BCUT2D eigenvalue weighted by atomic mass is 10.0. The minimum atomic E-state index is -0.231. The number of fused-ring (bicyclic) bond motifs is 1. The highest BCUT2D eigenvalue weighted by molar-refractivity contribution is 5.96. The Labute approximate surface area is 181 Å². The average Bonchev–Trinajstić information content (AvgIpc) is 3.21. The topological polar surface area (TPSA) is 89.3 Å². The predicted molar refractivity (Wildman–Crippen MR) is 117 cm³/mol. The van der Waals surface area contributed by atoms with Crippen LogP contribution in [0.4, 0.5) is 0 Å². The molecule has 1 saturated heterocycles. The van der Waals surface area contributed by atoms with Crippen LogP contribution in [-0.2, 0) is 22.5 Å². The number of nitrogens with one attached hydrogen (secondary N) is 1. The molecule has 2 aromatic heterocycles. The lowest BCUT2D eigenvalue weighted by Gasteiger charge is -2.31. The number of aryl methyl sites for hydroxylation is 2. The molecule has 1 amide bonds. The van der Waals surface area contributed by atoms with Crippen LogP contribution < -0.4 is 5.32 Å². The van der Waals surface area contributed by atoms with Crippen LogP contribution in [0.15, 0.2) is 48.9 Å². The number of piperidine rings is 1. The zero-order valence-electron chi connectivity index (χ0n) is 17.7. The molecule has 8 heteroatoms. The number of carbonyl (C=O) groups is 2. The first-order valence-corrected chi connectivity index (χ1v) is 10.6. The van der Waals surface area contributed by atoms with E-state index >= 15 is 0 Å². The lowest BCUT2D eigenvalue weighted by molar-refractivity contribution is -0.142. The summed E-state index contributed by atoms with van der Waals surface area (Å²) >= 11 is 0. The molecule has 1 aliphatic heterocycles. The van der Waals surface area contributed by atoms with Crippen molar-refractivity contribution in [1.82, 2.24) is 24.8 Å². The molecule has 0 radical (unpaired) electrons. The molecule has 1 N–H and O–H groups in total. The number of methoxy groups -OCH3 is 1. The van der Waals surface area contributed by atoms with E-state index in [-0.39, 0.29) is 17.9 Å². The van der Waals surface area contributed by atoms with Gasteiger partial charge >= 0.3 is 5.97 Å². The Balaban J connectivity index is 1.33. The monoisotopic (exact) mass is 421 g/mol. The number of benzene rings is 1. The molecule has 0 aliphatic carbocycles. The van der Waals surface area contributed by atoms with Crippen LogP contribution in [-0.4, -0.2) is 64.1 Å². The molecule has 31 heavy (non-hydrogen) atoms. The Kier molecular flexibility index (Phi) is 6.57. The van der Waals surface area contributed by atoms with Crippen LogP contribution in [0.2, 0.25) is 0 Å². The fourth-order valence-corrected chi connectivity index (χ4v) is 3.88. The summed E-state index contributed by atoms with van der Waals surface area (Å²) in [6.45, 7) is 2.58. The minimum absolute atomic E-state index is 0.0838. The summed E-state index contributed by atoms with van der Waals surface area (Å²) in [4.78, 5) is 35.1. The van der Waals surface area contributed by atoms with Gasteiger partial charge in [0.05, 0.1) is 25.5 Å². The summed E-state index contributed by atoms with van der Waals surface area (Å²) in [6, 6.07) is 12.2. The molecule has 1 fully saturated rings. The number of carbonyl (C=O) groups excluding carboxylic acids is 2. The molecule has 0 saturated carbocycles. The van der Waals surface area contributed by atoms with E-state index in [1.165, 1.54) is 12.7 Å². The molecule has 1 aromatic carbocycles. The number of nitrogens with zero attached hydrogens (tertiary/aromatic N) is 4. The molecular weight excluding hydrogens is 394 g/mol. The summed E-state index contributed by atoms with van der Waals surface area (Å²) in [5.41, 5.74) is 3.27. The molecule has 0 spiro atoms. The molecule has 4 rings (SSSR count).